The molecule has 0 heterocycles. The summed E-state index contributed by atoms with van der Waals surface area (Å²) in [6.45, 7) is 5.03. The molecule has 0 radical (unpaired) electrons. The van der Waals surface area contributed by atoms with Gasteiger partial charge in [0.05, 0.1) is 0 Å². The molecule has 2 atom stereocenters. The summed E-state index contributed by atoms with van der Waals surface area (Å²) in [7, 11) is 4.07. The van der Waals surface area contributed by atoms with Crippen molar-refractivity contribution in [1.29, 1.82) is 0 Å². The molecule has 0 saturated carbocycles. The third kappa shape index (κ3) is 4.63. The van der Waals surface area contributed by atoms with E-state index in [0.717, 1.165) is 19.0 Å². The molecule has 2 unspecified atom stereocenters. The Balaban J connectivity index is 2.56. The van der Waals surface area contributed by atoms with Gasteiger partial charge in [0.2, 0.25) is 0 Å². The van der Waals surface area contributed by atoms with Crippen LogP contribution in [-0.4, -0.2) is 36.7 Å². The molecule has 2 N–H and O–H groups in total. The summed E-state index contributed by atoms with van der Waals surface area (Å²) >= 11 is 0. The van der Waals surface area contributed by atoms with Crippen LogP contribution in [0.1, 0.15) is 31.9 Å². The van der Waals surface area contributed by atoms with Crippen molar-refractivity contribution < 1.29 is 9.50 Å². The summed E-state index contributed by atoms with van der Waals surface area (Å²) < 4.78 is 13.7. The topological polar surface area (TPSA) is 35.5 Å². The van der Waals surface area contributed by atoms with Crippen molar-refractivity contribution in [2.45, 2.75) is 32.4 Å². The number of hydrogen-bond donors (Lipinski definition) is 2. The second kappa shape index (κ2) is 6.71. The maximum Gasteiger partial charge on any atom is 0.131 e. The molecule has 1 aromatic rings. The number of halogens is 1. The van der Waals surface area contributed by atoms with Gasteiger partial charge in [0.15, 0.2) is 0 Å². The van der Waals surface area contributed by atoms with Crippen LogP contribution in [0.4, 0.5) is 4.39 Å². The van der Waals surface area contributed by atoms with E-state index in [1.54, 1.807) is 6.07 Å². The van der Waals surface area contributed by atoms with E-state index in [0.29, 0.717) is 11.6 Å². The minimum Gasteiger partial charge on any atom is -0.508 e. The minimum absolute atomic E-state index is 0.0379. The first kappa shape index (κ1) is 14.9. The minimum atomic E-state index is -0.366. The first-order valence-corrected chi connectivity index (χ1v) is 6.29. The molecule has 0 aliphatic carbocycles. The van der Waals surface area contributed by atoms with Crippen molar-refractivity contribution >= 4 is 0 Å². The Morgan fingerprint density at radius 1 is 1.33 bits per heavy atom. The molecule has 3 nitrogen and oxygen atoms in total. The average molecular weight is 254 g/mol. The molecule has 0 saturated heterocycles. The Morgan fingerprint density at radius 3 is 2.56 bits per heavy atom. The van der Waals surface area contributed by atoms with E-state index in [1.807, 2.05) is 21.0 Å². The van der Waals surface area contributed by atoms with Crippen molar-refractivity contribution in [2.75, 3.05) is 20.6 Å². The van der Waals surface area contributed by atoms with Gasteiger partial charge in [-0.25, -0.2) is 4.39 Å². The van der Waals surface area contributed by atoms with Crippen LogP contribution in [0.15, 0.2) is 18.2 Å². The second-order valence-corrected chi connectivity index (χ2v) is 5.09. The zero-order chi connectivity index (χ0) is 13.7. The number of rotatable bonds is 6. The van der Waals surface area contributed by atoms with Gasteiger partial charge in [-0.3, -0.25) is 0 Å². The normalized spacial score (nSPS) is 14.8. The molecule has 1 aromatic carbocycles. The molecule has 0 spiro atoms. The fourth-order valence-electron chi connectivity index (χ4n) is 1.92. The van der Waals surface area contributed by atoms with E-state index in [2.05, 4.69) is 17.1 Å². The third-order valence-corrected chi connectivity index (χ3v) is 2.99. The number of phenols is 1. The molecule has 4 heteroatoms. The van der Waals surface area contributed by atoms with E-state index >= 15 is 0 Å². The van der Waals surface area contributed by atoms with E-state index in [4.69, 9.17) is 0 Å². The summed E-state index contributed by atoms with van der Waals surface area (Å²) in [4.78, 5) is 2.13. The molecule has 0 aromatic heterocycles. The van der Waals surface area contributed by atoms with Crippen LogP contribution in [-0.2, 0) is 0 Å². The summed E-state index contributed by atoms with van der Waals surface area (Å²) in [5.41, 5.74) is 0.588. The quantitative estimate of drug-likeness (QED) is 0.819. The summed E-state index contributed by atoms with van der Waals surface area (Å²) in [5.74, 6) is -0.404. The lowest BCUT2D eigenvalue weighted by Gasteiger charge is -2.22. The highest BCUT2D eigenvalue weighted by atomic mass is 19.1. The van der Waals surface area contributed by atoms with E-state index in [1.165, 1.54) is 6.07 Å². The third-order valence-electron chi connectivity index (χ3n) is 2.99. The lowest BCUT2D eigenvalue weighted by Crippen LogP contribution is -2.32. The Labute approximate surface area is 109 Å². The first-order valence-electron chi connectivity index (χ1n) is 6.29. The monoisotopic (exact) mass is 254 g/mol. The highest BCUT2D eigenvalue weighted by molar-refractivity contribution is 5.29. The molecule has 1 rings (SSSR count). The molecule has 102 valence electrons. The van der Waals surface area contributed by atoms with Gasteiger partial charge in [0.1, 0.15) is 11.6 Å². The highest BCUT2D eigenvalue weighted by Crippen LogP contribution is 2.21. The van der Waals surface area contributed by atoms with Crippen LogP contribution in [0.2, 0.25) is 0 Å². The second-order valence-electron chi connectivity index (χ2n) is 5.09. The van der Waals surface area contributed by atoms with Crippen LogP contribution in [0.3, 0.4) is 0 Å². The van der Waals surface area contributed by atoms with Crippen LogP contribution >= 0.6 is 0 Å². The molecule has 0 aliphatic heterocycles. The van der Waals surface area contributed by atoms with Gasteiger partial charge in [-0.2, -0.15) is 0 Å². The van der Waals surface area contributed by atoms with E-state index in [-0.39, 0.29) is 17.6 Å². The van der Waals surface area contributed by atoms with Gasteiger partial charge in [0.25, 0.3) is 0 Å². The molecular weight excluding hydrogens is 231 g/mol. The first-order chi connectivity index (χ1) is 8.40. The Morgan fingerprint density at radius 2 is 2.00 bits per heavy atom. The maximum atomic E-state index is 13.7. The summed E-state index contributed by atoms with van der Waals surface area (Å²) in [6, 6.07) is 4.54. The van der Waals surface area contributed by atoms with Gasteiger partial charge in [-0.15, -0.1) is 0 Å². The SMILES string of the molecule is CC(CCN(C)C)NC(C)c1ccc(O)cc1F. The summed E-state index contributed by atoms with van der Waals surface area (Å²) in [6.07, 6.45) is 1.01. The number of nitrogens with one attached hydrogen (secondary N) is 1. The van der Waals surface area contributed by atoms with Crippen molar-refractivity contribution in [3.8, 4) is 5.75 Å². The predicted octanol–water partition coefficient (Wildman–Crippen LogP) is 2.52. The molecule has 0 fully saturated rings. The van der Waals surface area contributed by atoms with Gasteiger partial charge in [-0.1, -0.05) is 6.07 Å². The lowest BCUT2D eigenvalue weighted by molar-refractivity contribution is 0.352. The Bertz CT molecular complexity index is 382. The number of hydrogen-bond acceptors (Lipinski definition) is 3. The fraction of sp³-hybridized carbons (Fsp3) is 0.571. The van der Waals surface area contributed by atoms with Gasteiger partial charge in [-0.05, 0) is 47.0 Å². The number of phenolic OH excluding ortho intramolecular Hbond substituents is 1. The van der Waals surface area contributed by atoms with Crippen LogP contribution in [0, 0.1) is 5.82 Å². The van der Waals surface area contributed by atoms with E-state index in [9.17, 15) is 9.50 Å². The largest absolute Gasteiger partial charge is 0.508 e. The zero-order valence-electron chi connectivity index (χ0n) is 11.6. The Hall–Kier alpha value is -1.13. The van der Waals surface area contributed by atoms with Crippen molar-refractivity contribution in [2.24, 2.45) is 0 Å². The van der Waals surface area contributed by atoms with Crippen molar-refractivity contribution in [3.05, 3.63) is 29.6 Å². The van der Waals surface area contributed by atoms with Crippen molar-refractivity contribution in [3.63, 3.8) is 0 Å². The lowest BCUT2D eigenvalue weighted by atomic mass is 10.1. The molecule has 0 aliphatic rings. The van der Waals surface area contributed by atoms with Gasteiger partial charge >= 0.3 is 0 Å². The number of benzene rings is 1. The maximum absolute atomic E-state index is 13.7. The smallest absolute Gasteiger partial charge is 0.131 e. The van der Waals surface area contributed by atoms with Crippen LogP contribution in [0.5, 0.6) is 5.75 Å². The standard InChI is InChI=1S/C14H23FN2O/c1-10(7-8-17(3)4)16-11(2)13-6-5-12(18)9-14(13)15/h5-6,9-11,16,18H,7-8H2,1-4H3. The zero-order valence-corrected chi connectivity index (χ0v) is 11.6. The number of nitrogens with zero attached hydrogens (tertiary/aromatic N) is 1. The fourth-order valence-corrected chi connectivity index (χ4v) is 1.92. The molecule has 18 heavy (non-hydrogen) atoms. The molecule has 0 bridgehead atoms. The van der Waals surface area contributed by atoms with Crippen LogP contribution in [0.25, 0.3) is 0 Å². The predicted molar refractivity (Wildman–Crippen MR) is 72.2 cm³/mol. The number of aromatic hydroxyl groups is 1. The average Bonchev–Trinajstić information content (AvgIpc) is 2.26. The highest BCUT2D eigenvalue weighted by Gasteiger charge is 2.13. The van der Waals surface area contributed by atoms with Gasteiger partial charge < -0.3 is 15.3 Å². The van der Waals surface area contributed by atoms with Crippen molar-refractivity contribution in [1.82, 2.24) is 10.2 Å². The molecular formula is C14H23FN2O. The Kier molecular flexibility index (Phi) is 5.56. The van der Waals surface area contributed by atoms with Crippen LogP contribution < -0.4 is 5.32 Å². The van der Waals surface area contributed by atoms with Gasteiger partial charge in [0, 0.05) is 23.7 Å². The molecule has 0 amide bonds. The summed E-state index contributed by atoms with van der Waals surface area (Å²) in [5, 5.41) is 12.5. The van der Waals surface area contributed by atoms with E-state index < -0.39 is 0 Å².